The fourth-order valence-corrected chi connectivity index (χ4v) is 2.55. The van der Waals surface area contributed by atoms with E-state index in [0.29, 0.717) is 13.2 Å². The average Bonchev–Trinajstić information content (AvgIpc) is 2.79. The lowest BCUT2D eigenvalue weighted by molar-refractivity contribution is 0.0938. The van der Waals surface area contributed by atoms with Gasteiger partial charge in [-0.3, -0.25) is 0 Å². The molecule has 0 saturated heterocycles. The molecule has 0 saturated carbocycles. The quantitative estimate of drug-likeness (QED) is 0.631. The molecule has 0 aliphatic rings. The average molecular weight is 257 g/mol. The molecule has 1 rings (SSSR count). The Hall–Kier alpha value is -0.420. The monoisotopic (exact) mass is 257 g/mol. The zero-order valence-electron chi connectivity index (χ0n) is 10.6. The molecule has 1 aromatic rings. The predicted octanol–water partition coefficient (Wildman–Crippen LogP) is 2.19. The van der Waals surface area contributed by atoms with Crippen molar-refractivity contribution in [2.45, 2.75) is 32.7 Å². The second-order valence-corrected chi connectivity index (χ2v) is 5.24. The summed E-state index contributed by atoms with van der Waals surface area (Å²) < 4.78 is 5.17. The van der Waals surface area contributed by atoms with Crippen molar-refractivity contribution >= 4 is 11.3 Å². The van der Waals surface area contributed by atoms with Crippen LogP contribution in [0.5, 0.6) is 0 Å². The zero-order chi connectivity index (χ0) is 12.3. The highest BCUT2D eigenvalue weighted by molar-refractivity contribution is 7.11. The van der Waals surface area contributed by atoms with Gasteiger partial charge in [0.05, 0.1) is 19.8 Å². The summed E-state index contributed by atoms with van der Waals surface area (Å²) in [5.41, 5.74) is 0. The number of unbranched alkanes of at least 4 members (excludes halogenated alkanes) is 1. The summed E-state index contributed by atoms with van der Waals surface area (Å²) >= 11 is 1.90. The van der Waals surface area contributed by atoms with E-state index in [9.17, 15) is 0 Å². The highest BCUT2D eigenvalue weighted by Crippen LogP contribution is 2.18. The summed E-state index contributed by atoms with van der Waals surface area (Å²) in [4.78, 5) is 2.87. The van der Waals surface area contributed by atoms with Crippen LogP contribution in [0.15, 0.2) is 12.1 Å². The van der Waals surface area contributed by atoms with E-state index >= 15 is 0 Å². The van der Waals surface area contributed by atoms with Crippen LogP contribution >= 0.6 is 11.3 Å². The van der Waals surface area contributed by atoms with E-state index in [2.05, 4.69) is 24.4 Å². The summed E-state index contributed by atoms with van der Waals surface area (Å²) in [7, 11) is 0. The molecule has 0 radical (unpaired) electrons. The first kappa shape index (κ1) is 14.6. The summed E-state index contributed by atoms with van der Waals surface area (Å²) in [6, 6.07) is 4.44. The van der Waals surface area contributed by atoms with Gasteiger partial charge in [0.15, 0.2) is 0 Å². The SMILES string of the molecule is CCCCc1ccc(CNCCOCCO)s1. The summed E-state index contributed by atoms with van der Waals surface area (Å²) in [5, 5.41) is 11.9. The molecule has 0 atom stereocenters. The van der Waals surface area contributed by atoms with Gasteiger partial charge in [-0.05, 0) is 25.0 Å². The van der Waals surface area contributed by atoms with Crippen molar-refractivity contribution in [2.75, 3.05) is 26.4 Å². The van der Waals surface area contributed by atoms with Crippen LogP contribution in [-0.4, -0.2) is 31.5 Å². The van der Waals surface area contributed by atoms with Crippen molar-refractivity contribution < 1.29 is 9.84 Å². The van der Waals surface area contributed by atoms with Gasteiger partial charge in [-0.1, -0.05) is 13.3 Å². The van der Waals surface area contributed by atoms with Crippen LogP contribution in [0.1, 0.15) is 29.5 Å². The first-order valence-corrected chi connectivity index (χ1v) is 7.15. The number of thiophene rings is 1. The number of aliphatic hydroxyl groups is 1. The van der Waals surface area contributed by atoms with Crippen molar-refractivity contribution in [3.63, 3.8) is 0 Å². The standard InChI is InChI=1S/C13H23NO2S/c1-2-3-4-12-5-6-13(17-12)11-14-7-9-16-10-8-15/h5-6,14-15H,2-4,7-11H2,1H3. The zero-order valence-corrected chi connectivity index (χ0v) is 11.4. The van der Waals surface area contributed by atoms with Crippen LogP contribution in [0, 0.1) is 0 Å². The molecule has 0 amide bonds. The second-order valence-electron chi connectivity index (χ2n) is 3.98. The molecule has 4 heteroatoms. The molecule has 0 spiro atoms. The largest absolute Gasteiger partial charge is 0.394 e. The number of hydrogen-bond donors (Lipinski definition) is 2. The van der Waals surface area contributed by atoms with Gasteiger partial charge in [0, 0.05) is 22.8 Å². The number of aryl methyl sites for hydroxylation is 1. The van der Waals surface area contributed by atoms with Crippen molar-refractivity contribution in [3.05, 3.63) is 21.9 Å². The van der Waals surface area contributed by atoms with Crippen molar-refractivity contribution in [3.8, 4) is 0 Å². The minimum absolute atomic E-state index is 0.103. The number of hydrogen-bond acceptors (Lipinski definition) is 4. The first-order valence-electron chi connectivity index (χ1n) is 6.33. The Kier molecular flexibility index (Phi) is 8.26. The van der Waals surface area contributed by atoms with Crippen molar-refractivity contribution in [1.29, 1.82) is 0 Å². The summed E-state index contributed by atoms with van der Waals surface area (Å²) in [6.07, 6.45) is 3.75. The number of ether oxygens (including phenoxy) is 1. The smallest absolute Gasteiger partial charge is 0.0698 e. The molecule has 2 N–H and O–H groups in total. The molecular formula is C13H23NO2S. The van der Waals surface area contributed by atoms with Gasteiger partial charge in [-0.25, -0.2) is 0 Å². The Morgan fingerprint density at radius 2 is 2.12 bits per heavy atom. The maximum absolute atomic E-state index is 8.53. The first-order chi connectivity index (χ1) is 8.36. The Bertz CT molecular complexity index is 289. The fourth-order valence-electron chi connectivity index (χ4n) is 1.53. The fraction of sp³-hybridized carbons (Fsp3) is 0.692. The molecule has 98 valence electrons. The molecule has 1 aromatic heterocycles. The molecule has 0 aromatic carbocycles. The van der Waals surface area contributed by atoms with Crippen LogP contribution in [0.3, 0.4) is 0 Å². The molecule has 0 aliphatic heterocycles. The maximum Gasteiger partial charge on any atom is 0.0698 e. The van der Waals surface area contributed by atoms with Gasteiger partial charge in [-0.15, -0.1) is 11.3 Å². The molecule has 3 nitrogen and oxygen atoms in total. The lowest BCUT2D eigenvalue weighted by Gasteiger charge is -2.03. The van der Waals surface area contributed by atoms with Crippen LogP contribution in [0.25, 0.3) is 0 Å². The topological polar surface area (TPSA) is 41.5 Å². The van der Waals surface area contributed by atoms with Gasteiger partial charge >= 0.3 is 0 Å². The lowest BCUT2D eigenvalue weighted by Crippen LogP contribution is -2.19. The van der Waals surface area contributed by atoms with Gasteiger partial charge in [0.25, 0.3) is 0 Å². The van der Waals surface area contributed by atoms with Gasteiger partial charge in [-0.2, -0.15) is 0 Å². The van der Waals surface area contributed by atoms with Gasteiger partial charge in [0.2, 0.25) is 0 Å². The Morgan fingerprint density at radius 3 is 2.88 bits per heavy atom. The van der Waals surface area contributed by atoms with Crippen LogP contribution in [-0.2, 0) is 17.7 Å². The summed E-state index contributed by atoms with van der Waals surface area (Å²) in [5.74, 6) is 0. The van der Waals surface area contributed by atoms with E-state index in [1.165, 1.54) is 29.0 Å². The van der Waals surface area contributed by atoms with E-state index in [-0.39, 0.29) is 6.61 Å². The van der Waals surface area contributed by atoms with E-state index < -0.39 is 0 Å². The van der Waals surface area contributed by atoms with Gasteiger partial charge in [0.1, 0.15) is 0 Å². The second kappa shape index (κ2) is 9.59. The molecule has 0 bridgehead atoms. The third-order valence-electron chi connectivity index (χ3n) is 2.45. The highest BCUT2D eigenvalue weighted by atomic mass is 32.1. The minimum atomic E-state index is 0.103. The summed E-state index contributed by atoms with van der Waals surface area (Å²) in [6.45, 7) is 5.17. The molecule has 1 heterocycles. The van der Waals surface area contributed by atoms with E-state index in [4.69, 9.17) is 9.84 Å². The number of nitrogens with one attached hydrogen (secondary N) is 1. The van der Waals surface area contributed by atoms with Crippen LogP contribution in [0.2, 0.25) is 0 Å². The van der Waals surface area contributed by atoms with Crippen LogP contribution < -0.4 is 5.32 Å². The number of rotatable bonds is 10. The Morgan fingerprint density at radius 1 is 1.29 bits per heavy atom. The van der Waals surface area contributed by atoms with Crippen molar-refractivity contribution in [2.24, 2.45) is 0 Å². The highest BCUT2D eigenvalue weighted by Gasteiger charge is 1.99. The third kappa shape index (κ3) is 6.78. The molecule has 0 aliphatic carbocycles. The Balaban J connectivity index is 2.08. The van der Waals surface area contributed by atoms with E-state index in [1.54, 1.807) is 0 Å². The van der Waals surface area contributed by atoms with E-state index in [0.717, 1.165) is 13.1 Å². The normalized spacial score (nSPS) is 10.9. The van der Waals surface area contributed by atoms with Crippen LogP contribution in [0.4, 0.5) is 0 Å². The molecular weight excluding hydrogens is 234 g/mol. The maximum atomic E-state index is 8.53. The molecule has 0 unspecified atom stereocenters. The molecule has 0 fully saturated rings. The molecule has 17 heavy (non-hydrogen) atoms. The van der Waals surface area contributed by atoms with E-state index in [1.807, 2.05) is 11.3 Å². The van der Waals surface area contributed by atoms with Gasteiger partial charge < -0.3 is 15.2 Å². The third-order valence-corrected chi connectivity index (χ3v) is 3.60. The lowest BCUT2D eigenvalue weighted by atomic mass is 10.2. The Labute approximate surface area is 108 Å². The van der Waals surface area contributed by atoms with Crippen molar-refractivity contribution in [1.82, 2.24) is 5.32 Å². The minimum Gasteiger partial charge on any atom is -0.394 e. The predicted molar refractivity (Wildman–Crippen MR) is 72.5 cm³/mol. The number of aliphatic hydroxyl groups excluding tert-OH is 1.